The molecule has 0 spiro atoms. The van der Waals surface area contributed by atoms with E-state index in [1.54, 1.807) is 11.3 Å². The summed E-state index contributed by atoms with van der Waals surface area (Å²) >= 11 is 1.62. The number of aliphatic hydroxyl groups excluding tert-OH is 2. The minimum atomic E-state index is -0.880. The summed E-state index contributed by atoms with van der Waals surface area (Å²) in [7, 11) is 0. The summed E-state index contributed by atoms with van der Waals surface area (Å²) in [4.78, 5) is 26.2. The molecular formula is C26H37NO5S. The third-order valence-corrected chi connectivity index (χ3v) is 6.89. The average Bonchev–Trinajstić information content (AvgIpc) is 3.03. The van der Waals surface area contributed by atoms with Crippen molar-refractivity contribution in [2.24, 2.45) is 5.92 Å². The summed E-state index contributed by atoms with van der Waals surface area (Å²) in [5, 5.41) is 21.1. The van der Waals surface area contributed by atoms with E-state index in [0.29, 0.717) is 24.5 Å². The maximum absolute atomic E-state index is 12.9. The van der Waals surface area contributed by atoms with Crippen molar-refractivity contribution in [3.63, 3.8) is 0 Å². The number of hydrogen-bond acceptors (Lipinski definition) is 6. The maximum Gasteiger partial charge on any atom is 0.245 e. The van der Waals surface area contributed by atoms with Crippen molar-refractivity contribution in [2.75, 3.05) is 19.8 Å². The lowest BCUT2D eigenvalue weighted by atomic mass is 9.97. The van der Waals surface area contributed by atoms with E-state index in [2.05, 4.69) is 33.0 Å². The predicted octanol–water partition coefficient (Wildman–Crippen LogP) is 3.84. The van der Waals surface area contributed by atoms with E-state index in [0.717, 1.165) is 33.6 Å². The van der Waals surface area contributed by atoms with Crippen LogP contribution in [-0.2, 0) is 17.6 Å². The van der Waals surface area contributed by atoms with Crippen LogP contribution in [-0.4, -0.2) is 47.8 Å². The van der Waals surface area contributed by atoms with Gasteiger partial charge in [-0.25, -0.2) is 0 Å². The van der Waals surface area contributed by atoms with Crippen molar-refractivity contribution in [2.45, 2.75) is 66.9 Å². The monoisotopic (exact) mass is 475 g/mol. The Hall–Kier alpha value is -2.22. The van der Waals surface area contributed by atoms with Gasteiger partial charge in [0.1, 0.15) is 25.1 Å². The first-order chi connectivity index (χ1) is 15.5. The molecule has 2 aromatic rings. The second kappa shape index (κ2) is 12.3. The zero-order valence-electron chi connectivity index (χ0n) is 20.6. The number of carbonyl (C=O) groups excluding carboxylic acids is 2. The van der Waals surface area contributed by atoms with Gasteiger partial charge in [0, 0.05) is 17.8 Å². The first-order valence-corrected chi connectivity index (χ1v) is 12.3. The number of ether oxygens (including phenoxy) is 1. The zero-order valence-corrected chi connectivity index (χ0v) is 21.4. The van der Waals surface area contributed by atoms with Gasteiger partial charge in [-0.3, -0.25) is 9.59 Å². The molecular weight excluding hydrogens is 438 g/mol. The molecule has 1 amide bonds. The van der Waals surface area contributed by atoms with E-state index in [1.165, 1.54) is 10.4 Å². The van der Waals surface area contributed by atoms with Crippen LogP contribution in [0, 0.1) is 33.6 Å². The van der Waals surface area contributed by atoms with E-state index in [-0.39, 0.29) is 18.9 Å². The highest BCUT2D eigenvalue weighted by Gasteiger charge is 2.19. The highest BCUT2D eigenvalue weighted by Crippen LogP contribution is 2.31. The summed E-state index contributed by atoms with van der Waals surface area (Å²) in [5.41, 5.74) is 5.42. The fourth-order valence-corrected chi connectivity index (χ4v) is 5.13. The number of rotatable bonds is 12. The Labute approximate surface area is 201 Å². The zero-order chi connectivity index (χ0) is 24.7. The summed E-state index contributed by atoms with van der Waals surface area (Å²) < 4.78 is 5.78. The number of amides is 1. The van der Waals surface area contributed by atoms with E-state index in [1.807, 2.05) is 26.0 Å². The van der Waals surface area contributed by atoms with Crippen molar-refractivity contribution in [1.29, 1.82) is 0 Å². The lowest BCUT2D eigenvalue weighted by molar-refractivity contribution is -0.124. The largest absolute Gasteiger partial charge is 0.490 e. The molecule has 0 saturated heterocycles. The number of carbonyl (C=O) groups is 2. The number of Topliss-reactive ketones (excluding diaryl/α,β-unsaturated/α-hetero) is 1. The molecule has 2 rings (SSSR count). The molecule has 1 heterocycles. The second-order valence-electron chi connectivity index (χ2n) is 9.10. The summed E-state index contributed by atoms with van der Waals surface area (Å²) in [5.74, 6) is 0.913. The molecule has 0 saturated carbocycles. The number of aryl methyl sites for hydroxylation is 4. The molecule has 3 N–H and O–H groups in total. The first kappa shape index (κ1) is 27.0. The number of benzene rings is 1. The van der Waals surface area contributed by atoms with Gasteiger partial charge in [0.05, 0.1) is 4.88 Å². The van der Waals surface area contributed by atoms with Crippen LogP contribution >= 0.6 is 11.3 Å². The molecule has 0 aliphatic heterocycles. The maximum atomic E-state index is 12.9. The van der Waals surface area contributed by atoms with E-state index in [9.17, 15) is 14.7 Å². The van der Waals surface area contributed by atoms with Crippen LogP contribution in [0.15, 0.2) is 12.1 Å². The number of hydrogen-bond donors (Lipinski definition) is 3. The van der Waals surface area contributed by atoms with Crippen LogP contribution in [0.2, 0.25) is 0 Å². The van der Waals surface area contributed by atoms with Crippen LogP contribution in [0.4, 0.5) is 0 Å². The van der Waals surface area contributed by atoms with Gasteiger partial charge in [0.2, 0.25) is 5.91 Å². The van der Waals surface area contributed by atoms with Gasteiger partial charge in [0.25, 0.3) is 0 Å². The number of thiophene rings is 1. The van der Waals surface area contributed by atoms with Crippen LogP contribution in [0.5, 0.6) is 5.75 Å². The van der Waals surface area contributed by atoms with Gasteiger partial charge >= 0.3 is 0 Å². The summed E-state index contributed by atoms with van der Waals surface area (Å²) in [6.07, 6.45) is 1.25. The van der Waals surface area contributed by atoms with Crippen LogP contribution in [0.25, 0.3) is 0 Å². The molecule has 0 aliphatic carbocycles. The van der Waals surface area contributed by atoms with Crippen molar-refractivity contribution in [1.82, 2.24) is 5.32 Å². The molecule has 1 aromatic heterocycles. The smallest absolute Gasteiger partial charge is 0.245 e. The molecule has 1 atom stereocenters. The standard InChI is InChI=1S/C26H37NO5S/c1-15(2)9-22-18(5)26(33-19(22)6)23(30)8-7-20-10-16(3)25(17(4)11-20)32-14-21(29)12-27-24(31)13-28/h10-11,15,21,28-29H,7-9,12-14H2,1-6H3,(H,27,31)/t21-/m0/s1. The fourth-order valence-electron chi connectivity index (χ4n) is 3.97. The molecule has 0 aliphatic rings. The number of ketones is 1. The second-order valence-corrected chi connectivity index (χ2v) is 10.3. The Bertz CT molecular complexity index is 956. The third-order valence-electron chi connectivity index (χ3n) is 5.60. The Kier molecular flexibility index (Phi) is 10.1. The third kappa shape index (κ3) is 7.66. The Morgan fingerprint density at radius 2 is 1.76 bits per heavy atom. The van der Waals surface area contributed by atoms with Crippen LogP contribution < -0.4 is 10.1 Å². The van der Waals surface area contributed by atoms with Gasteiger partial charge < -0.3 is 20.3 Å². The van der Waals surface area contributed by atoms with Gasteiger partial charge in [-0.1, -0.05) is 26.0 Å². The summed E-state index contributed by atoms with van der Waals surface area (Å²) in [6.45, 7) is 11.9. The number of aliphatic hydroxyl groups is 2. The summed E-state index contributed by atoms with van der Waals surface area (Å²) in [6, 6.07) is 4.04. The van der Waals surface area contributed by atoms with Crippen LogP contribution in [0.1, 0.15) is 62.6 Å². The Balaban J connectivity index is 1.99. The van der Waals surface area contributed by atoms with Gasteiger partial charge in [-0.05, 0) is 74.3 Å². The predicted molar refractivity (Wildman–Crippen MR) is 132 cm³/mol. The molecule has 182 valence electrons. The van der Waals surface area contributed by atoms with Gasteiger partial charge in [-0.15, -0.1) is 11.3 Å². The SMILES string of the molecule is Cc1cc(CCC(=O)c2sc(C)c(CC(C)C)c2C)cc(C)c1OC[C@@H](O)CNC(=O)CO. The lowest BCUT2D eigenvalue weighted by Gasteiger charge is -2.17. The minimum Gasteiger partial charge on any atom is -0.490 e. The van der Waals surface area contributed by atoms with Crippen molar-refractivity contribution in [3.05, 3.63) is 49.7 Å². The molecule has 7 heteroatoms. The van der Waals surface area contributed by atoms with Crippen molar-refractivity contribution in [3.8, 4) is 5.75 Å². The lowest BCUT2D eigenvalue weighted by Crippen LogP contribution is -2.36. The van der Waals surface area contributed by atoms with E-state index < -0.39 is 18.6 Å². The average molecular weight is 476 g/mol. The minimum absolute atomic E-state index is 0.0121. The quantitative estimate of drug-likeness (QED) is 0.405. The Morgan fingerprint density at radius 1 is 1.12 bits per heavy atom. The topological polar surface area (TPSA) is 95.9 Å². The van der Waals surface area contributed by atoms with Crippen LogP contribution in [0.3, 0.4) is 0 Å². The molecule has 6 nitrogen and oxygen atoms in total. The number of nitrogens with one attached hydrogen (secondary N) is 1. The Morgan fingerprint density at radius 3 is 2.33 bits per heavy atom. The molecule has 0 bridgehead atoms. The normalized spacial score (nSPS) is 12.2. The fraction of sp³-hybridized carbons (Fsp3) is 0.538. The van der Waals surface area contributed by atoms with E-state index >= 15 is 0 Å². The van der Waals surface area contributed by atoms with Gasteiger partial charge in [-0.2, -0.15) is 0 Å². The highest BCUT2D eigenvalue weighted by atomic mass is 32.1. The molecule has 1 aromatic carbocycles. The molecule has 33 heavy (non-hydrogen) atoms. The molecule has 0 unspecified atom stereocenters. The molecule has 0 radical (unpaired) electrons. The van der Waals surface area contributed by atoms with Gasteiger partial charge in [0.15, 0.2) is 5.78 Å². The first-order valence-electron chi connectivity index (χ1n) is 11.4. The van der Waals surface area contributed by atoms with Crippen molar-refractivity contribution < 1.29 is 24.5 Å². The highest BCUT2D eigenvalue weighted by molar-refractivity contribution is 7.14. The molecule has 0 fully saturated rings. The van der Waals surface area contributed by atoms with E-state index in [4.69, 9.17) is 9.84 Å². The van der Waals surface area contributed by atoms with Crippen molar-refractivity contribution >= 4 is 23.0 Å².